The van der Waals surface area contributed by atoms with Gasteiger partial charge in [0.05, 0.1) is 6.20 Å². The van der Waals surface area contributed by atoms with Crippen molar-refractivity contribution in [2.24, 2.45) is 0 Å². The van der Waals surface area contributed by atoms with Crippen LogP contribution in [-0.4, -0.2) is 15.2 Å². The van der Waals surface area contributed by atoms with Gasteiger partial charge in [-0.15, -0.1) is 0 Å². The number of hydrogen-bond acceptors (Lipinski definition) is 3. The highest BCUT2D eigenvalue weighted by molar-refractivity contribution is 5.83. The van der Waals surface area contributed by atoms with E-state index >= 15 is 0 Å². The molecule has 0 spiro atoms. The fraction of sp³-hybridized carbons (Fsp3) is 0. The molecular weight excluding hydrogens is 298 g/mol. The van der Waals surface area contributed by atoms with Crippen molar-refractivity contribution in [2.75, 3.05) is 0 Å². The fourth-order valence-corrected chi connectivity index (χ4v) is 2.63. The van der Waals surface area contributed by atoms with Gasteiger partial charge in [-0.3, -0.25) is 10.1 Å². The average Bonchev–Trinajstić information content (AvgIpc) is 3.18. The van der Waals surface area contributed by atoms with Crippen LogP contribution >= 0.6 is 0 Å². The number of para-hydroxylation sites is 1. The molecule has 0 aliphatic rings. The van der Waals surface area contributed by atoms with E-state index in [0.717, 1.165) is 33.8 Å². The molecule has 0 fully saturated rings. The number of hydrogen-bond donors (Lipinski definition) is 1. The van der Waals surface area contributed by atoms with Gasteiger partial charge in [-0.25, -0.2) is 0 Å². The number of aromatic nitrogens is 3. The van der Waals surface area contributed by atoms with E-state index in [2.05, 4.69) is 21.2 Å². The first-order valence-electron chi connectivity index (χ1n) is 7.67. The minimum Gasteiger partial charge on any atom is -0.457 e. The van der Waals surface area contributed by atoms with Gasteiger partial charge in [0.1, 0.15) is 11.5 Å². The predicted molar refractivity (Wildman–Crippen MR) is 93.8 cm³/mol. The summed E-state index contributed by atoms with van der Waals surface area (Å²) in [4.78, 5) is 4.10. The number of H-pyrrole nitrogens is 1. The molecule has 4 heteroatoms. The van der Waals surface area contributed by atoms with Crippen molar-refractivity contribution in [1.82, 2.24) is 15.2 Å². The first kappa shape index (κ1) is 14.2. The highest BCUT2D eigenvalue weighted by atomic mass is 16.5. The van der Waals surface area contributed by atoms with E-state index in [9.17, 15) is 0 Å². The monoisotopic (exact) mass is 313 g/mol. The largest absolute Gasteiger partial charge is 0.457 e. The Bertz CT molecular complexity index is 920. The molecule has 4 aromatic rings. The lowest BCUT2D eigenvalue weighted by atomic mass is 9.97. The van der Waals surface area contributed by atoms with Crippen molar-refractivity contribution in [2.45, 2.75) is 0 Å². The van der Waals surface area contributed by atoms with Crippen LogP contribution in [0, 0.1) is 0 Å². The molecule has 116 valence electrons. The van der Waals surface area contributed by atoms with Gasteiger partial charge in [-0.05, 0) is 59.2 Å². The molecule has 0 radical (unpaired) electrons. The molecule has 4 nitrogen and oxygen atoms in total. The number of ether oxygens (including phenoxy) is 1. The molecule has 24 heavy (non-hydrogen) atoms. The normalized spacial score (nSPS) is 10.5. The Morgan fingerprint density at radius 2 is 1.58 bits per heavy atom. The molecule has 0 aliphatic heterocycles. The standard InChI is InChI=1S/C20H15N3O/c1-2-4-17(5-3-1)24-18-6-7-19(16-13-22-23-14-16)20(12-18)15-8-10-21-11-9-15/h1-14H,(H,22,23). The third-order valence-electron chi connectivity index (χ3n) is 3.77. The molecule has 2 aromatic carbocycles. The van der Waals surface area contributed by atoms with Gasteiger partial charge < -0.3 is 4.74 Å². The van der Waals surface area contributed by atoms with Crippen molar-refractivity contribution in [3.05, 3.63) is 85.5 Å². The zero-order valence-electron chi connectivity index (χ0n) is 12.9. The van der Waals surface area contributed by atoms with Crippen LogP contribution in [0.3, 0.4) is 0 Å². The molecule has 2 aromatic heterocycles. The Balaban J connectivity index is 1.79. The molecular formula is C20H15N3O. The first-order valence-corrected chi connectivity index (χ1v) is 7.67. The first-order chi connectivity index (χ1) is 11.9. The lowest BCUT2D eigenvalue weighted by Gasteiger charge is -2.12. The molecule has 0 aliphatic carbocycles. The molecule has 4 rings (SSSR count). The zero-order chi connectivity index (χ0) is 16.2. The van der Waals surface area contributed by atoms with Crippen molar-refractivity contribution in [1.29, 1.82) is 0 Å². The summed E-state index contributed by atoms with van der Waals surface area (Å²) in [6.45, 7) is 0. The molecule has 0 bridgehead atoms. The average molecular weight is 313 g/mol. The molecule has 2 heterocycles. The maximum atomic E-state index is 5.97. The molecule has 0 saturated carbocycles. The minimum atomic E-state index is 0.792. The van der Waals surface area contributed by atoms with Crippen molar-refractivity contribution >= 4 is 0 Å². The quantitative estimate of drug-likeness (QED) is 0.581. The van der Waals surface area contributed by atoms with Gasteiger partial charge in [0, 0.05) is 24.2 Å². The number of nitrogens with one attached hydrogen (secondary N) is 1. The van der Waals surface area contributed by atoms with Crippen LogP contribution in [0.4, 0.5) is 0 Å². The number of benzene rings is 2. The molecule has 0 amide bonds. The van der Waals surface area contributed by atoms with Crippen LogP contribution in [0.2, 0.25) is 0 Å². The maximum absolute atomic E-state index is 5.97. The van der Waals surface area contributed by atoms with E-state index < -0.39 is 0 Å². The summed E-state index contributed by atoms with van der Waals surface area (Å²) >= 11 is 0. The Morgan fingerprint density at radius 1 is 0.750 bits per heavy atom. The van der Waals surface area contributed by atoms with E-state index in [1.54, 1.807) is 12.4 Å². The minimum absolute atomic E-state index is 0.792. The highest BCUT2D eigenvalue weighted by Crippen LogP contribution is 2.35. The Kier molecular flexibility index (Phi) is 3.78. The van der Waals surface area contributed by atoms with Gasteiger partial charge in [-0.2, -0.15) is 5.10 Å². The van der Waals surface area contributed by atoms with Crippen LogP contribution in [0.25, 0.3) is 22.3 Å². The van der Waals surface area contributed by atoms with Crippen LogP contribution in [0.5, 0.6) is 11.5 Å². The van der Waals surface area contributed by atoms with Crippen molar-refractivity contribution in [3.8, 4) is 33.8 Å². The second kappa shape index (κ2) is 6.38. The van der Waals surface area contributed by atoms with Gasteiger partial charge >= 0.3 is 0 Å². The van der Waals surface area contributed by atoms with Gasteiger partial charge in [0.15, 0.2) is 0 Å². The van der Waals surface area contributed by atoms with Crippen molar-refractivity contribution < 1.29 is 4.74 Å². The topological polar surface area (TPSA) is 50.8 Å². The molecule has 0 unspecified atom stereocenters. The summed E-state index contributed by atoms with van der Waals surface area (Å²) in [5.41, 5.74) is 4.29. The van der Waals surface area contributed by atoms with E-state index in [4.69, 9.17) is 4.74 Å². The summed E-state index contributed by atoms with van der Waals surface area (Å²) in [6.07, 6.45) is 7.29. The predicted octanol–water partition coefficient (Wildman–Crippen LogP) is 4.93. The SMILES string of the molecule is c1ccc(Oc2ccc(-c3cn[nH]c3)c(-c3ccncc3)c2)cc1. The van der Waals surface area contributed by atoms with Gasteiger partial charge in [0.2, 0.25) is 0 Å². The van der Waals surface area contributed by atoms with Crippen LogP contribution in [0.15, 0.2) is 85.5 Å². The van der Waals surface area contributed by atoms with E-state index in [0.29, 0.717) is 0 Å². The summed E-state index contributed by atoms with van der Waals surface area (Å²) in [5.74, 6) is 1.61. The summed E-state index contributed by atoms with van der Waals surface area (Å²) < 4.78 is 5.97. The molecule has 0 saturated heterocycles. The summed E-state index contributed by atoms with van der Waals surface area (Å²) in [6, 6.07) is 19.8. The highest BCUT2D eigenvalue weighted by Gasteiger charge is 2.10. The van der Waals surface area contributed by atoms with E-state index in [-0.39, 0.29) is 0 Å². The van der Waals surface area contributed by atoms with Crippen LogP contribution in [-0.2, 0) is 0 Å². The van der Waals surface area contributed by atoms with Crippen LogP contribution in [0.1, 0.15) is 0 Å². The maximum Gasteiger partial charge on any atom is 0.128 e. The van der Waals surface area contributed by atoms with E-state index in [1.807, 2.05) is 67.0 Å². The number of pyridine rings is 1. The third kappa shape index (κ3) is 2.90. The fourth-order valence-electron chi connectivity index (χ4n) is 2.63. The summed E-state index contributed by atoms with van der Waals surface area (Å²) in [5, 5.41) is 6.92. The second-order valence-electron chi connectivity index (χ2n) is 5.35. The van der Waals surface area contributed by atoms with Gasteiger partial charge in [0.25, 0.3) is 0 Å². The lowest BCUT2D eigenvalue weighted by molar-refractivity contribution is 0.483. The van der Waals surface area contributed by atoms with Crippen molar-refractivity contribution in [3.63, 3.8) is 0 Å². The van der Waals surface area contributed by atoms with Gasteiger partial charge in [-0.1, -0.05) is 18.2 Å². The Morgan fingerprint density at radius 3 is 2.33 bits per heavy atom. The Hall–Kier alpha value is -3.40. The van der Waals surface area contributed by atoms with E-state index in [1.165, 1.54) is 0 Å². The Labute approximate surface area is 139 Å². The lowest BCUT2D eigenvalue weighted by Crippen LogP contribution is -1.88. The zero-order valence-corrected chi connectivity index (χ0v) is 12.9. The summed E-state index contributed by atoms with van der Waals surface area (Å²) in [7, 11) is 0. The third-order valence-corrected chi connectivity index (χ3v) is 3.77. The second-order valence-corrected chi connectivity index (χ2v) is 5.35. The molecule has 1 N–H and O–H groups in total. The number of rotatable bonds is 4. The number of nitrogens with zero attached hydrogens (tertiary/aromatic N) is 2. The molecule has 0 atom stereocenters. The van der Waals surface area contributed by atoms with Crippen LogP contribution < -0.4 is 4.74 Å². The smallest absolute Gasteiger partial charge is 0.128 e. The number of aromatic amines is 1.